The number of hydrogen-bond donors (Lipinski definition) is 1. The highest BCUT2D eigenvalue weighted by molar-refractivity contribution is 9.10. The predicted molar refractivity (Wildman–Crippen MR) is 137 cm³/mol. The van der Waals surface area contributed by atoms with Gasteiger partial charge >= 0.3 is 5.97 Å². The van der Waals surface area contributed by atoms with Gasteiger partial charge in [-0.25, -0.2) is 9.48 Å². The quantitative estimate of drug-likeness (QED) is 0.263. The monoisotopic (exact) mass is 542 g/mol. The van der Waals surface area contributed by atoms with Crippen LogP contribution in [0.15, 0.2) is 69.4 Å². The fourth-order valence-corrected chi connectivity index (χ4v) is 4.61. The lowest BCUT2D eigenvalue weighted by molar-refractivity contribution is -0.139. The highest BCUT2D eigenvalue weighted by Crippen LogP contribution is 2.37. The van der Waals surface area contributed by atoms with Crippen LogP contribution >= 0.6 is 27.7 Å². The van der Waals surface area contributed by atoms with Gasteiger partial charge in [0.2, 0.25) is 11.1 Å². The molecule has 0 spiro atoms. The van der Waals surface area contributed by atoms with Crippen molar-refractivity contribution in [2.45, 2.75) is 45.0 Å². The van der Waals surface area contributed by atoms with Gasteiger partial charge in [0.15, 0.2) is 0 Å². The number of benzene rings is 2. The van der Waals surface area contributed by atoms with Crippen molar-refractivity contribution >= 4 is 39.6 Å². The van der Waals surface area contributed by atoms with Gasteiger partial charge in [-0.05, 0) is 55.7 Å². The zero-order chi connectivity index (χ0) is 24.1. The fraction of sp³-hybridized carbons (Fsp3) is 0.320. The van der Waals surface area contributed by atoms with Gasteiger partial charge in [-0.3, -0.25) is 0 Å². The van der Waals surface area contributed by atoms with E-state index in [1.807, 2.05) is 55.5 Å². The number of thioether (sulfide) groups is 1. The molecule has 2 aromatic carbocycles. The summed E-state index contributed by atoms with van der Waals surface area (Å²) in [6.07, 6.45) is 1.03. The third-order valence-corrected chi connectivity index (χ3v) is 6.85. The van der Waals surface area contributed by atoms with E-state index in [0.29, 0.717) is 35.6 Å². The van der Waals surface area contributed by atoms with Crippen LogP contribution in [0.5, 0.6) is 5.75 Å². The molecule has 7 nitrogen and oxygen atoms in total. The van der Waals surface area contributed by atoms with E-state index in [1.54, 1.807) is 23.4 Å². The minimum absolute atomic E-state index is 0.299. The number of carbonyl (C=O) groups is 1. The van der Waals surface area contributed by atoms with Crippen molar-refractivity contribution in [1.82, 2.24) is 14.8 Å². The number of esters is 1. The number of allylic oxidation sites excluding steroid dienone is 1. The molecule has 2 heterocycles. The Morgan fingerprint density at radius 2 is 1.88 bits per heavy atom. The first kappa shape index (κ1) is 24.3. The number of nitrogens with one attached hydrogen (secondary N) is 1. The fourth-order valence-electron chi connectivity index (χ4n) is 3.66. The molecule has 0 saturated heterocycles. The van der Waals surface area contributed by atoms with E-state index in [4.69, 9.17) is 14.6 Å². The number of carbonyl (C=O) groups excluding carboxylic acids is 1. The molecule has 0 aliphatic carbocycles. The van der Waals surface area contributed by atoms with E-state index in [1.165, 1.54) is 0 Å². The summed E-state index contributed by atoms with van der Waals surface area (Å²) in [6, 6.07) is 15.3. The zero-order valence-electron chi connectivity index (χ0n) is 19.4. The third kappa shape index (κ3) is 5.47. The van der Waals surface area contributed by atoms with E-state index < -0.39 is 6.04 Å². The molecule has 3 aromatic rings. The van der Waals surface area contributed by atoms with Gasteiger partial charge in [-0.1, -0.05) is 58.9 Å². The van der Waals surface area contributed by atoms with Gasteiger partial charge in [0.1, 0.15) is 18.4 Å². The van der Waals surface area contributed by atoms with Crippen LogP contribution < -0.4 is 10.1 Å². The van der Waals surface area contributed by atoms with Crippen LogP contribution in [0.2, 0.25) is 0 Å². The minimum Gasteiger partial charge on any atom is -0.489 e. The summed E-state index contributed by atoms with van der Waals surface area (Å²) in [5, 5.41) is 8.62. The van der Waals surface area contributed by atoms with Crippen molar-refractivity contribution in [2.24, 2.45) is 0 Å². The molecular weight excluding hydrogens is 516 g/mol. The van der Waals surface area contributed by atoms with Crippen LogP contribution in [0.3, 0.4) is 0 Å². The number of ether oxygens (including phenoxy) is 2. The zero-order valence-corrected chi connectivity index (χ0v) is 21.8. The molecule has 0 amide bonds. The molecule has 0 bridgehead atoms. The van der Waals surface area contributed by atoms with Gasteiger partial charge in [0, 0.05) is 15.9 Å². The van der Waals surface area contributed by atoms with E-state index in [2.05, 4.69) is 33.2 Å². The molecule has 1 aliphatic heterocycles. The Kier molecular flexibility index (Phi) is 7.95. The van der Waals surface area contributed by atoms with Crippen LogP contribution in [-0.4, -0.2) is 33.1 Å². The first-order valence-corrected chi connectivity index (χ1v) is 13.0. The molecule has 0 fully saturated rings. The van der Waals surface area contributed by atoms with E-state index >= 15 is 0 Å². The van der Waals surface area contributed by atoms with E-state index in [0.717, 1.165) is 33.5 Å². The van der Waals surface area contributed by atoms with Crippen LogP contribution in [0, 0.1) is 0 Å². The van der Waals surface area contributed by atoms with Crippen molar-refractivity contribution in [3.8, 4) is 5.75 Å². The molecule has 1 aliphatic rings. The third-order valence-electron chi connectivity index (χ3n) is 5.28. The highest BCUT2D eigenvalue weighted by atomic mass is 79.9. The summed E-state index contributed by atoms with van der Waals surface area (Å²) in [4.78, 5) is 17.5. The Bertz CT molecular complexity index is 1180. The van der Waals surface area contributed by atoms with Crippen LogP contribution in [0.25, 0.3) is 0 Å². The first-order valence-electron chi connectivity index (χ1n) is 11.2. The maximum atomic E-state index is 12.9. The number of fused-ring (bicyclic) bond motifs is 1. The second-order valence-electron chi connectivity index (χ2n) is 7.78. The van der Waals surface area contributed by atoms with E-state index in [-0.39, 0.29) is 5.97 Å². The first-order chi connectivity index (χ1) is 16.5. The number of aromatic nitrogens is 3. The Labute approximate surface area is 212 Å². The van der Waals surface area contributed by atoms with Crippen LogP contribution in [0.4, 0.5) is 5.95 Å². The SMILES string of the molecule is CCCSc1nc2n(n1)C(c1ccc(OCc3ccc(Br)cc3)cc1)C(C(=O)OCC)=C(C)N2. The lowest BCUT2D eigenvalue weighted by Crippen LogP contribution is -2.29. The summed E-state index contributed by atoms with van der Waals surface area (Å²) in [5.41, 5.74) is 3.22. The van der Waals surface area contributed by atoms with Crippen molar-refractivity contribution < 1.29 is 14.3 Å². The van der Waals surface area contributed by atoms with Crippen molar-refractivity contribution in [2.75, 3.05) is 17.7 Å². The Morgan fingerprint density at radius 1 is 1.15 bits per heavy atom. The maximum absolute atomic E-state index is 12.9. The van der Waals surface area contributed by atoms with E-state index in [9.17, 15) is 4.79 Å². The smallest absolute Gasteiger partial charge is 0.338 e. The second kappa shape index (κ2) is 11.1. The minimum atomic E-state index is -0.445. The summed E-state index contributed by atoms with van der Waals surface area (Å²) in [7, 11) is 0. The normalized spacial score (nSPS) is 15.0. The molecule has 9 heteroatoms. The van der Waals surface area contributed by atoms with Crippen molar-refractivity contribution in [3.63, 3.8) is 0 Å². The Morgan fingerprint density at radius 3 is 2.56 bits per heavy atom. The molecule has 1 unspecified atom stereocenters. The molecule has 1 aromatic heterocycles. The molecule has 1 N–H and O–H groups in total. The number of hydrogen-bond acceptors (Lipinski definition) is 7. The molecule has 34 heavy (non-hydrogen) atoms. The summed E-state index contributed by atoms with van der Waals surface area (Å²) in [6.45, 7) is 6.56. The second-order valence-corrected chi connectivity index (χ2v) is 9.76. The molecule has 4 rings (SSSR count). The van der Waals surface area contributed by atoms with Gasteiger partial charge in [0.25, 0.3) is 0 Å². The molecule has 1 atom stereocenters. The van der Waals surface area contributed by atoms with Gasteiger partial charge in [-0.15, -0.1) is 5.10 Å². The summed E-state index contributed by atoms with van der Waals surface area (Å²) in [5.74, 6) is 1.93. The summed E-state index contributed by atoms with van der Waals surface area (Å²) < 4.78 is 14.1. The number of nitrogens with zero attached hydrogens (tertiary/aromatic N) is 3. The van der Waals surface area contributed by atoms with Gasteiger partial charge in [-0.2, -0.15) is 4.98 Å². The molecule has 178 valence electrons. The van der Waals surface area contributed by atoms with Gasteiger partial charge < -0.3 is 14.8 Å². The highest BCUT2D eigenvalue weighted by Gasteiger charge is 2.35. The molecule has 0 saturated carbocycles. The van der Waals surface area contributed by atoms with Crippen molar-refractivity contribution in [1.29, 1.82) is 0 Å². The average Bonchev–Trinajstić information content (AvgIpc) is 3.24. The topological polar surface area (TPSA) is 78.3 Å². The Balaban J connectivity index is 1.61. The Hall–Kier alpha value is -2.78. The molecule has 0 radical (unpaired) electrons. The lowest BCUT2D eigenvalue weighted by Gasteiger charge is -2.28. The van der Waals surface area contributed by atoms with Crippen molar-refractivity contribution in [3.05, 3.63) is 75.4 Å². The van der Waals surface area contributed by atoms with Crippen LogP contribution in [-0.2, 0) is 16.1 Å². The average molecular weight is 543 g/mol. The molecular formula is C25H27BrN4O3S. The summed E-state index contributed by atoms with van der Waals surface area (Å²) >= 11 is 5.05. The largest absolute Gasteiger partial charge is 0.489 e. The lowest BCUT2D eigenvalue weighted by atomic mass is 9.96. The standard InChI is InChI=1S/C25H27BrN4O3S/c1-4-14-34-25-28-24-27-16(3)21(23(31)32-5-2)22(30(24)29-25)18-8-12-20(13-9-18)33-15-17-6-10-19(26)11-7-17/h6-13,22H,4-5,14-15H2,1-3H3,(H,27,28,29). The number of halogens is 1. The predicted octanol–water partition coefficient (Wildman–Crippen LogP) is 5.97. The number of anilines is 1. The van der Waals surface area contributed by atoms with Crippen LogP contribution in [0.1, 0.15) is 44.4 Å². The number of rotatable bonds is 9. The van der Waals surface area contributed by atoms with Gasteiger partial charge in [0.05, 0.1) is 12.2 Å². The maximum Gasteiger partial charge on any atom is 0.338 e.